The van der Waals surface area contributed by atoms with Crippen molar-refractivity contribution in [3.05, 3.63) is 59.9 Å². The van der Waals surface area contributed by atoms with Crippen LogP contribution in [-0.2, 0) is 11.3 Å². The van der Waals surface area contributed by atoms with Crippen molar-refractivity contribution in [3.63, 3.8) is 0 Å². The third-order valence-corrected chi connectivity index (χ3v) is 2.88. The van der Waals surface area contributed by atoms with Gasteiger partial charge in [-0.2, -0.15) is 0 Å². The van der Waals surface area contributed by atoms with Gasteiger partial charge in [0.05, 0.1) is 13.0 Å². The summed E-state index contributed by atoms with van der Waals surface area (Å²) in [5.74, 6) is 0.0624. The van der Waals surface area contributed by atoms with E-state index in [0.29, 0.717) is 12.3 Å². The standard InChI is InChI=1S/C16H17FN2O2/c17-13-3-1-12(2-4-13)11-19-14-5-7-15(8-6-14)21-10-9-16(18)20/h1-8,19H,9-11H2,(H2,18,20). The van der Waals surface area contributed by atoms with Crippen molar-refractivity contribution in [1.29, 1.82) is 0 Å². The van der Waals surface area contributed by atoms with E-state index in [9.17, 15) is 9.18 Å². The Hall–Kier alpha value is -2.56. The molecule has 0 heterocycles. The smallest absolute Gasteiger partial charge is 0.220 e. The molecule has 0 aliphatic rings. The largest absolute Gasteiger partial charge is 0.493 e. The van der Waals surface area contributed by atoms with Gasteiger partial charge < -0.3 is 15.8 Å². The first kappa shape index (κ1) is 14.8. The van der Waals surface area contributed by atoms with Crippen molar-refractivity contribution >= 4 is 11.6 Å². The number of carbonyl (C=O) groups is 1. The Morgan fingerprint density at radius 2 is 1.76 bits per heavy atom. The molecule has 2 aromatic carbocycles. The van der Waals surface area contributed by atoms with Crippen LogP contribution in [0.1, 0.15) is 12.0 Å². The van der Waals surface area contributed by atoms with Gasteiger partial charge in [0.15, 0.2) is 0 Å². The van der Waals surface area contributed by atoms with Gasteiger partial charge in [0.1, 0.15) is 11.6 Å². The summed E-state index contributed by atoms with van der Waals surface area (Å²) in [4.78, 5) is 10.6. The summed E-state index contributed by atoms with van der Waals surface area (Å²) in [6.45, 7) is 0.889. The highest BCUT2D eigenvalue weighted by molar-refractivity contribution is 5.73. The predicted molar refractivity (Wildman–Crippen MR) is 79.5 cm³/mol. The van der Waals surface area contributed by atoms with Crippen LogP contribution in [0.15, 0.2) is 48.5 Å². The summed E-state index contributed by atoms with van der Waals surface area (Å²) < 4.78 is 18.2. The van der Waals surface area contributed by atoms with E-state index in [-0.39, 0.29) is 24.8 Å². The van der Waals surface area contributed by atoms with Gasteiger partial charge in [0.2, 0.25) is 5.91 Å². The van der Waals surface area contributed by atoms with Crippen LogP contribution in [-0.4, -0.2) is 12.5 Å². The normalized spacial score (nSPS) is 10.1. The van der Waals surface area contributed by atoms with Crippen LogP contribution in [0.25, 0.3) is 0 Å². The fraction of sp³-hybridized carbons (Fsp3) is 0.188. The second kappa shape index (κ2) is 7.28. The summed E-state index contributed by atoms with van der Waals surface area (Å²) in [6, 6.07) is 13.7. The molecule has 2 rings (SSSR count). The highest BCUT2D eigenvalue weighted by Gasteiger charge is 1.99. The van der Waals surface area contributed by atoms with Crippen LogP contribution in [0.4, 0.5) is 10.1 Å². The molecule has 21 heavy (non-hydrogen) atoms. The summed E-state index contributed by atoms with van der Waals surface area (Å²) in [7, 11) is 0. The quantitative estimate of drug-likeness (QED) is 0.823. The molecule has 0 saturated heterocycles. The lowest BCUT2D eigenvalue weighted by Gasteiger charge is -2.08. The number of ether oxygens (including phenoxy) is 1. The SMILES string of the molecule is NC(=O)CCOc1ccc(NCc2ccc(F)cc2)cc1. The van der Waals surface area contributed by atoms with E-state index in [0.717, 1.165) is 11.3 Å². The lowest BCUT2D eigenvalue weighted by molar-refractivity contribution is -0.118. The van der Waals surface area contributed by atoms with E-state index in [2.05, 4.69) is 5.32 Å². The molecule has 3 N–H and O–H groups in total. The second-order valence-corrected chi connectivity index (χ2v) is 4.57. The number of anilines is 1. The topological polar surface area (TPSA) is 64.4 Å². The van der Waals surface area contributed by atoms with Crippen LogP contribution in [0.3, 0.4) is 0 Å². The lowest BCUT2D eigenvalue weighted by Crippen LogP contribution is -2.14. The average molecular weight is 288 g/mol. The van der Waals surface area contributed by atoms with Gasteiger partial charge in [-0.3, -0.25) is 4.79 Å². The van der Waals surface area contributed by atoms with E-state index in [1.807, 2.05) is 24.3 Å². The van der Waals surface area contributed by atoms with Gasteiger partial charge in [0, 0.05) is 12.2 Å². The molecule has 110 valence electrons. The zero-order chi connectivity index (χ0) is 15.1. The van der Waals surface area contributed by atoms with Crippen molar-refractivity contribution in [3.8, 4) is 5.75 Å². The van der Waals surface area contributed by atoms with Crippen LogP contribution < -0.4 is 15.8 Å². The summed E-state index contributed by atoms with van der Waals surface area (Å²) >= 11 is 0. The Balaban J connectivity index is 1.81. The zero-order valence-electron chi connectivity index (χ0n) is 11.5. The highest BCUT2D eigenvalue weighted by Crippen LogP contribution is 2.16. The first-order chi connectivity index (χ1) is 10.1. The van der Waals surface area contributed by atoms with E-state index < -0.39 is 0 Å². The molecule has 5 heteroatoms. The maximum absolute atomic E-state index is 12.8. The van der Waals surface area contributed by atoms with E-state index in [1.165, 1.54) is 12.1 Å². The molecule has 0 saturated carbocycles. The average Bonchev–Trinajstić information content (AvgIpc) is 2.48. The van der Waals surface area contributed by atoms with Gasteiger partial charge in [-0.1, -0.05) is 12.1 Å². The molecule has 0 bridgehead atoms. The number of primary amides is 1. The van der Waals surface area contributed by atoms with Crippen LogP contribution in [0, 0.1) is 5.82 Å². The molecule has 4 nitrogen and oxygen atoms in total. The Morgan fingerprint density at radius 1 is 1.10 bits per heavy atom. The first-order valence-electron chi connectivity index (χ1n) is 6.63. The predicted octanol–water partition coefficient (Wildman–Crippen LogP) is 2.69. The molecular weight excluding hydrogens is 271 g/mol. The van der Waals surface area contributed by atoms with Gasteiger partial charge in [-0.15, -0.1) is 0 Å². The van der Waals surface area contributed by atoms with Crippen molar-refractivity contribution < 1.29 is 13.9 Å². The number of amides is 1. The number of nitrogens with one attached hydrogen (secondary N) is 1. The zero-order valence-corrected chi connectivity index (χ0v) is 11.5. The van der Waals surface area contributed by atoms with E-state index in [4.69, 9.17) is 10.5 Å². The maximum Gasteiger partial charge on any atom is 0.220 e. The number of hydrogen-bond acceptors (Lipinski definition) is 3. The molecular formula is C16H17FN2O2. The van der Waals surface area contributed by atoms with Crippen molar-refractivity contribution in [2.24, 2.45) is 5.73 Å². The van der Waals surface area contributed by atoms with Gasteiger partial charge in [-0.05, 0) is 42.0 Å². The number of nitrogens with two attached hydrogens (primary N) is 1. The fourth-order valence-corrected chi connectivity index (χ4v) is 1.74. The third kappa shape index (κ3) is 5.14. The van der Waals surface area contributed by atoms with Gasteiger partial charge in [-0.25, -0.2) is 4.39 Å². The molecule has 0 fully saturated rings. The number of rotatable bonds is 7. The molecule has 0 unspecified atom stereocenters. The Bertz CT molecular complexity index is 582. The fourth-order valence-electron chi connectivity index (χ4n) is 1.74. The van der Waals surface area contributed by atoms with Crippen molar-refractivity contribution in [1.82, 2.24) is 0 Å². The monoisotopic (exact) mass is 288 g/mol. The molecule has 2 aromatic rings. The Kier molecular flexibility index (Phi) is 5.15. The van der Waals surface area contributed by atoms with Crippen molar-refractivity contribution in [2.75, 3.05) is 11.9 Å². The molecule has 0 radical (unpaired) electrons. The Labute approximate surface area is 122 Å². The van der Waals surface area contributed by atoms with Gasteiger partial charge in [0.25, 0.3) is 0 Å². The number of carbonyl (C=O) groups excluding carboxylic acids is 1. The second-order valence-electron chi connectivity index (χ2n) is 4.57. The van der Waals surface area contributed by atoms with Crippen LogP contribution in [0.2, 0.25) is 0 Å². The molecule has 1 amide bonds. The van der Waals surface area contributed by atoms with Gasteiger partial charge >= 0.3 is 0 Å². The summed E-state index contributed by atoms with van der Waals surface area (Å²) in [6.07, 6.45) is 0.199. The number of hydrogen-bond donors (Lipinski definition) is 2. The minimum atomic E-state index is -0.382. The number of halogens is 1. The minimum absolute atomic E-state index is 0.199. The van der Waals surface area contributed by atoms with E-state index in [1.54, 1.807) is 12.1 Å². The molecule has 0 spiro atoms. The van der Waals surface area contributed by atoms with Crippen LogP contribution >= 0.6 is 0 Å². The Morgan fingerprint density at radius 3 is 2.38 bits per heavy atom. The number of benzene rings is 2. The minimum Gasteiger partial charge on any atom is -0.493 e. The lowest BCUT2D eigenvalue weighted by atomic mass is 10.2. The molecule has 0 atom stereocenters. The summed E-state index contributed by atoms with van der Waals surface area (Å²) in [5, 5.41) is 3.23. The molecule has 0 aromatic heterocycles. The third-order valence-electron chi connectivity index (χ3n) is 2.88. The highest BCUT2D eigenvalue weighted by atomic mass is 19.1. The van der Waals surface area contributed by atoms with E-state index >= 15 is 0 Å². The first-order valence-corrected chi connectivity index (χ1v) is 6.63. The van der Waals surface area contributed by atoms with Crippen LogP contribution in [0.5, 0.6) is 5.75 Å². The van der Waals surface area contributed by atoms with Crippen molar-refractivity contribution in [2.45, 2.75) is 13.0 Å². The molecule has 0 aliphatic carbocycles. The maximum atomic E-state index is 12.8. The molecule has 0 aliphatic heterocycles. The summed E-state index contributed by atoms with van der Waals surface area (Å²) in [5.41, 5.74) is 6.96.